The fraction of sp³-hybridized carbons (Fsp3) is 0.400. The second-order valence-corrected chi connectivity index (χ2v) is 7.14. The van der Waals surface area contributed by atoms with E-state index in [1.807, 2.05) is 32.0 Å². The number of allylic oxidation sites excluding steroid dienone is 1. The Bertz CT molecular complexity index is 888. The summed E-state index contributed by atoms with van der Waals surface area (Å²) in [6.07, 6.45) is 1.87. The summed E-state index contributed by atoms with van der Waals surface area (Å²) in [6, 6.07) is 5.42. The molecular formula is C20H23F3N4O2. The van der Waals surface area contributed by atoms with E-state index in [1.165, 1.54) is 12.1 Å². The number of aryl methyl sites for hydroxylation is 1. The molecule has 0 aliphatic carbocycles. The standard InChI is InChI=1S/C20H23F3N4O2/c1-13(2)18(12-28)27-17(8-9-24-19(27)15-10-25-26(3)11-15)14-4-6-16(7-5-14)29-20(21,22)23/h4-11,13,18-19,28H,12H2,1-3H3/t18-,19?/m1/s1. The number of aliphatic hydroxyl groups is 1. The van der Waals surface area contributed by atoms with Gasteiger partial charge in [-0.3, -0.25) is 9.67 Å². The molecular weight excluding hydrogens is 385 g/mol. The van der Waals surface area contributed by atoms with Crippen molar-refractivity contribution in [2.45, 2.75) is 32.4 Å². The number of hydrogen-bond acceptors (Lipinski definition) is 5. The maximum atomic E-state index is 12.4. The Kier molecular flexibility index (Phi) is 5.97. The van der Waals surface area contributed by atoms with Gasteiger partial charge in [-0.05, 0) is 41.8 Å². The first kappa shape index (κ1) is 20.9. The first-order valence-corrected chi connectivity index (χ1v) is 9.17. The third kappa shape index (κ3) is 4.79. The quantitative estimate of drug-likeness (QED) is 0.791. The minimum absolute atomic E-state index is 0.101. The molecule has 6 nitrogen and oxygen atoms in total. The first-order chi connectivity index (χ1) is 13.7. The first-order valence-electron chi connectivity index (χ1n) is 9.17. The van der Waals surface area contributed by atoms with E-state index < -0.39 is 12.5 Å². The van der Waals surface area contributed by atoms with E-state index in [0.29, 0.717) is 5.56 Å². The molecule has 0 bridgehead atoms. The lowest BCUT2D eigenvalue weighted by Gasteiger charge is -2.42. The molecule has 9 heteroatoms. The van der Waals surface area contributed by atoms with Crippen LogP contribution in [0.1, 0.15) is 31.1 Å². The van der Waals surface area contributed by atoms with Gasteiger partial charge in [0.2, 0.25) is 0 Å². The summed E-state index contributed by atoms with van der Waals surface area (Å²) in [5.41, 5.74) is 2.30. The van der Waals surface area contributed by atoms with Crippen molar-refractivity contribution in [2.24, 2.45) is 18.0 Å². The van der Waals surface area contributed by atoms with Crippen LogP contribution < -0.4 is 4.74 Å². The summed E-state index contributed by atoms with van der Waals surface area (Å²) >= 11 is 0. The predicted molar refractivity (Wildman–Crippen MR) is 103 cm³/mol. The van der Waals surface area contributed by atoms with Crippen molar-refractivity contribution < 1.29 is 23.0 Å². The van der Waals surface area contributed by atoms with Gasteiger partial charge in [0.05, 0.1) is 18.8 Å². The third-order valence-electron chi connectivity index (χ3n) is 4.72. The molecule has 2 atom stereocenters. The molecule has 29 heavy (non-hydrogen) atoms. The van der Waals surface area contributed by atoms with Gasteiger partial charge < -0.3 is 14.7 Å². The molecule has 1 aliphatic rings. The van der Waals surface area contributed by atoms with Crippen molar-refractivity contribution in [3.63, 3.8) is 0 Å². The second kappa shape index (κ2) is 8.28. The third-order valence-corrected chi connectivity index (χ3v) is 4.72. The Morgan fingerprint density at radius 1 is 1.21 bits per heavy atom. The maximum absolute atomic E-state index is 12.4. The largest absolute Gasteiger partial charge is 0.573 e. The Balaban J connectivity index is 1.98. The van der Waals surface area contributed by atoms with Crippen LogP contribution in [0, 0.1) is 5.92 Å². The molecule has 1 aliphatic heterocycles. The van der Waals surface area contributed by atoms with Crippen LogP contribution in [0.15, 0.2) is 47.7 Å². The highest BCUT2D eigenvalue weighted by Crippen LogP contribution is 2.37. The van der Waals surface area contributed by atoms with Crippen LogP contribution in [0.4, 0.5) is 13.2 Å². The van der Waals surface area contributed by atoms with Crippen molar-refractivity contribution in [3.8, 4) is 5.75 Å². The number of hydrogen-bond donors (Lipinski definition) is 1. The molecule has 1 aromatic carbocycles. The van der Waals surface area contributed by atoms with Crippen LogP contribution in [0.5, 0.6) is 5.75 Å². The number of aliphatic imine (C=N–C) groups is 1. The van der Waals surface area contributed by atoms with E-state index >= 15 is 0 Å². The number of rotatable bonds is 6. The molecule has 0 spiro atoms. The van der Waals surface area contributed by atoms with E-state index in [9.17, 15) is 18.3 Å². The van der Waals surface area contributed by atoms with Crippen molar-refractivity contribution in [1.82, 2.24) is 14.7 Å². The highest BCUT2D eigenvalue weighted by atomic mass is 19.4. The molecule has 156 valence electrons. The van der Waals surface area contributed by atoms with Gasteiger partial charge in [-0.1, -0.05) is 13.8 Å². The van der Waals surface area contributed by atoms with E-state index in [1.54, 1.807) is 35.3 Å². The Morgan fingerprint density at radius 2 is 1.90 bits per heavy atom. The Morgan fingerprint density at radius 3 is 2.41 bits per heavy atom. The lowest BCUT2D eigenvalue weighted by atomic mass is 9.97. The van der Waals surface area contributed by atoms with E-state index in [0.717, 1.165) is 11.3 Å². The van der Waals surface area contributed by atoms with Crippen LogP contribution in [-0.4, -0.2) is 45.0 Å². The number of halogens is 3. The van der Waals surface area contributed by atoms with Crippen molar-refractivity contribution in [1.29, 1.82) is 0 Å². The fourth-order valence-corrected chi connectivity index (χ4v) is 3.36. The van der Waals surface area contributed by atoms with Gasteiger partial charge in [0.1, 0.15) is 5.75 Å². The zero-order chi connectivity index (χ0) is 21.2. The zero-order valence-corrected chi connectivity index (χ0v) is 16.3. The highest BCUT2D eigenvalue weighted by Gasteiger charge is 2.34. The predicted octanol–water partition coefficient (Wildman–Crippen LogP) is 3.76. The van der Waals surface area contributed by atoms with Gasteiger partial charge in [-0.25, -0.2) is 0 Å². The van der Waals surface area contributed by atoms with Gasteiger partial charge >= 0.3 is 6.36 Å². The van der Waals surface area contributed by atoms with Crippen molar-refractivity contribution in [3.05, 3.63) is 53.9 Å². The summed E-state index contributed by atoms with van der Waals surface area (Å²) < 4.78 is 43.0. The van der Waals surface area contributed by atoms with E-state index in [4.69, 9.17) is 0 Å². The molecule has 1 unspecified atom stereocenters. The van der Waals surface area contributed by atoms with Crippen LogP contribution >= 0.6 is 0 Å². The van der Waals surface area contributed by atoms with Gasteiger partial charge in [0.25, 0.3) is 0 Å². The molecule has 1 aromatic heterocycles. The number of aliphatic hydroxyl groups excluding tert-OH is 1. The number of benzene rings is 1. The molecule has 0 amide bonds. The average Bonchev–Trinajstić information content (AvgIpc) is 3.08. The number of ether oxygens (including phenoxy) is 1. The Labute approximate surface area is 166 Å². The molecule has 0 fully saturated rings. The zero-order valence-electron chi connectivity index (χ0n) is 16.3. The van der Waals surface area contributed by atoms with Crippen LogP contribution in [0.25, 0.3) is 5.70 Å². The smallest absolute Gasteiger partial charge is 0.406 e. The molecule has 3 rings (SSSR count). The minimum atomic E-state index is -4.74. The lowest BCUT2D eigenvalue weighted by Crippen LogP contribution is -2.43. The summed E-state index contributed by atoms with van der Waals surface area (Å²) in [4.78, 5) is 6.56. The van der Waals surface area contributed by atoms with Crippen LogP contribution in [0.3, 0.4) is 0 Å². The minimum Gasteiger partial charge on any atom is -0.406 e. The highest BCUT2D eigenvalue weighted by molar-refractivity contribution is 5.86. The SMILES string of the molecule is CC(C)[C@@H](CO)N1C(c2ccc(OC(F)(F)F)cc2)=CC=NC1c1cnn(C)c1. The molecule has 0 saturated heterocycles. The molecule has 2 aromatic rings. The van der Waals surface area contributed by atoms with Gasteiger partial charge in [0, 0.05) is 30.7 Å². The Hall–Kier alpha value is -2.81. The summed E-state index contributed by atoms with van der Waals surface area (Å²) in [5, 5.41) is 14.3. The van der Waals surface area contributed by atoms with Crippen molar-refractivity contribution in [2.75, 3.05) is 6.61 Å². The van der Waals surface area contributed by atoms with Crippen molar-refractivity contribution >= 4 is 11.9 Å². The summed E-state index contributed by atoms with van der Waals surface area (Å²) in [6.45, 7) is 3.89. The van der Waals surface area contributed by atoms with Crippen LogP contribution in [-0.2, 0) is 7.05 Å². The summed E-state index contributed by atoms with van der Waals surface area (Å²) in [5.74, 6) is -0.187. The van der Waals surface area contributed by atoms with E-state index in [-0.39, 0.29) is 24.3 Å². The normalized spacial score (nSPS) is 18.1. The summed E-state index contributed by atoms with van der Waals surface area (Å²) in [7, 11) is 1.81. The topological polar surface area (TPSA) is 62.9 Å². The number of nitrogens with zero attached hydrogens (tertiary/aromatic N) is 4. The lowest BCUT2D eigenvalue weighted by molar-refractivity contribution is -0.274. The second-order valence-electron chi connectivity index (χ2n) is 7.14. The average molecular weight is 408 g/mol. The van der Waals surface area contributed by atoms with E-state index in [2.05, 4.69) is 14.8 Å². The fourth-order valence-electron chi connectivity index (χ4n) is 3.36. The number of aromatic nitrogens is 2. The van der Waals surface area contributed by atoms with Crippen LogP contribution in [0.2, 0.25) is 0 Å². The number of alkyl halides is 3. The van der Waals surface area contributed by atoms with Gasteiger partial charge in [-0.2, -0.15) is 5.10 Å². The molecule has 0 radical (unpaired) electrons. The maximum Gasteiger partial charge on any atom is 0.573 e. The molecule has 0 saturated carbocycles. The molecule has 2 heterocycles. The van der Waals surface area contributed by atoms with Gasteiger partial charge in [-0.15, -0.1) is 13.2 Å². The molecule has 1 N–H and O–H groups in total. The monoisotopic (exact) mass is 408 g/mol. The van der Waals surface area contributed by atoms with Gasteiger partial charge in [0.15, 0.2) is 6.17 Å².